The van der Waals surface area contributed by atoms with Crippen LogP contribution in [0.1, 0.15) is 29.7 Å². The summed E-state index contributed by atoms with van der Waals surface area (Å²) in [6.45, 7) is 0.263. The standard InChI is InChI=1S/C17H17ClFNOS/c18-15-4-1-5-16(19)14(15)11-20(12-6-7-12)17(21)9-8-13-3-2-10-22-13/h1-5,10,12H,6-9,11H2. The molecule has 0 bridgehead atoms. The molecule has 0 aliphatic heterocycles. The van der Waals surface area contributed by atoms with E-state index in [1.807, 2.05) is 17.5 Å². The van der Waals surface area contributed by atoms with Crippen LogP contribution in [0.15, 0.2) is 35.7 Å². The van der Waals surface area contributed by atoms with Gasteiger partial charge in [0, 0.05) is 27.9 Å². The summed E-state index contributed by atoms with van der Waals surface area (Å²) in [4.78, 5) is 15.5. The Morgan fingerprint density at radius 3 is 2.77 bits per heavy atom. The van der Waals surface area contributed by atoms with Gasteiger partial charge in [-0.15, -0.1) is 11.3 Å². The highest BCUT2D eigenvalue weighted by Gasteiger charge is 2.33. The Bertz CT molecular complexity index is 634. The molecule has 5 heteroatoms. The Kier molecular flexibility index (Phi) is 4.79. The Morgan fingerprint density at radius 1 is 1.32 bits per heavy atom. The maximum Gasteiger partial charge on any atom is 0.223 e. The molecule has 0 unspecified atom stereocenters. The Balaban J connectivity index is 1.68. The summed E-state index contributed by atoms with van der Waals surface area (Å²) < 4.78 is 13.9. The second-order valence-corrected chi connectivity index (χ2v) is 6.97. The van der Waals surface area contributed by atoms with Crippen LogP contribution in [0.2, 0.25) is 5.02 Å². The van der Waals surface area contributed by atoms with Gasteiger partial charge in [-0.2, -0.15) is 0 Å². The summed E-state index contributed by atoms with van der Waals surface area (Å²) in [5.74, 6) is -0.264. The van der Waals surface area contributed by atoms with Crippen molar-refractivity contribution in [2.45, 2.75) is 38.3 Å². The monoisotopic (exact) mass is 337 g/mol. The van der Waals surface area contributed by atoms with Gasteiger partial charge in [0.1, 0.15) is 5.82 Å². The van der Waals surface area contributed by atoms with Crippen LogP contribution < -0.4 is 0 Å². The SMILES string of the molecule is O=C(CCc1cccs1)N(Cc1c(F)cccc1Cl)C1CC1. The third kappa shape index (κ3) is 3.68. The third-order valence-corrected chi connectivity index (χ3v) is 5.15. The predicted molar refractivity (Wildman–Crippen MR) is 87.6 cm³/mol. The zero-order valence-corrected chi connectivity index (χ0v) is 13.7. The van der Waals surface area contributed by atoms with Crippen LogP contribution in [0, 0.1) is 5.82 Å². The van der Waals surface area contributed by atoms with Gasteiger partial charge in [0.05, 0.1) is 6.54 Å². The maximum absolute atomic E-state index is 13.9. The van der Waals surface area contributed by atoms with Crippen molar-refractivity contribution in [3.05, 3.63) is 57.0 Å². The molecule has 1 aromatic heterocycles. The van der Waals surface area contributed by atoms with Crippen molar-refractivity contribution >= 4 is 28.8 Å². The minimum atomic E-state index is -0.343. The number of hydrogen-bond acceptors (Lipinski definition) is 2. The summed E-state index contributed by atoms with van der Waals surface area (Å²) in [6, 6.07) is 8.91. The molecule has 1 amide bonds. The van der Waals surface area contributed by atoms with Gasteiger partial charge in [0.15, 0.2) is 0 Å². The summed E-state index contributed by atoms with van der Waals surface area (Å²) >= 11 is 7.74. The van der Waals surface area contributed by atoms with Crippen LogP contribution in [-0.2, 0) is 17.8 Å². The lowest BCUT2D eigenvalue weighted by Gasteiger charge is -2.23. The minimum Gasteiger partial charge on any atom is -0.335 e. The van der Waals surface area contributed by atoms with Crippen molar-refractivity contribution in [1.29, 1.82) is 0 Å². The summed E-state index contributed by atoms with van der Waals surface area (Å²) in [5.41, 5.74) is 0.417. The molecule has 1 aliphatic rings. The number of aryl methyl sites for hydroxylation is 1. The van der Waals surface area contributed by atoms with Crippen molar-refractivity contribution in [2.24, 2.45) is 0 Å². The minimum absolute atomic E-state index is 0.0789. The molecule has 1 fully saturated rings. The van der Waals surface area contributed by atoms with E-state index in [1.165, 1.54) is 10.9 Å². The molecule has 0 N–H and O–H groups in total. The molecule has 0 saturated heterocycles. The predicted octanol–water partition coefficient (Wildman–Crippen LogP) is 4.66. The van der Waals surface area contributed by atoms with E-state index in [4.69, 9.17) is 11.6 Å². The Morgan fingerprint density at radius 2 is 2.14 bits per heavy atom. The first kappa shape index (κ1) is 15.5. The van der Waals surface area contributed by atoms with E-state index < -0.39 is 0 Å². The van der Waals surface area contributed by atoms with E-state index in [9.17, 15) is 9.18 Å². The van der Waals surface area contributed by atoms with Crippen LogP contribution in [-0.4, -0.2) is 16.8 Å². The lowest BCUT2D eigenvalue weighted by atomic mass is 10.1. The van der Waals surface area contributed by atoms with Crippen LogP contribution in [0.25, 0.3) is 0 Å². The van der Waals surface area contributed by atoms with E-state index in [0.717, 1.165) is 19.3 Å². The molecule has 1 aromatic carbocycles. The first-order valence-electron chi connectivity index (χ1n) is 7.40. The molecular weight excluding hydrogens is 321 g/mol. The second kappa shape index (κ2) is 6.80. The molecule has 3 rings (SSSR count). The van der Waals surface area contributed by atoms with E-state index in [2.05, 4.69) is 0 Å². The van der Waals surface area contributed by atoms with Crippen molar-refractivity contribution in [2.75, 3.05) is 0 Å². The van der Waals surface area contributed by atoms with E-state index >= 15 is 0 Å². The van der Waals surface area contributed by atoms with Crippen molar-refractivity contribution in [3.8, 4) is 0 Å². The first-order chi connectivity index (χ1) is 10.6. The number of carbonyl (C=O) groups is 1. The Labute approximate surface area is 138 Å². The van der Waals surface area contributed by atoms with Crippen LogP contribution in [0.3, 0.4) is 0 Å². The Hall–Kier alpha value is -1.39. The number of halogens is 2. The van der Waals surface area contributed by atoms with E-state index in [1.54, 1.807) is 28.4 Å². The van der Waals surface area contributed by atoms with Crippen molar-refractivity contribution < 1.29 is 9.18 Å². The first-order valence-corrected chi connectivity index (χ1v) is 8.65. The lowest BCUT2D eigenvalue weighted by Crippen LogP contribution is -2.33. The van der Waals surface area contributed by atoms with Gasteiger partial charge in [0.25, 0.3) is 0 Å². The van der Waals surface area contributed by atoms with Crippen LogP contribution in [0.4, 0.5) is 4.39 Å². The topological polar surface area (TPSA) is 20.3 Å². The zero-order valence-electron chi connectivity index (χ0n) is 12.1. The number of thiophene rings is 1. The number of benzene rings is 1. The largest absolute Gasteiger partial charge is 0.335 e. The summed E-state index contributed by atoms with van der Waals surface area (Å²) in [6.07, 6.45) is 3.20. The van der Waals surface area contributed by atoms with Gasteiger partial charge in [0.2, 0.25) is 5.91 Å². The highest BCUT2D eigenvalue weighted by atomic mass is 35.5. The normalized spacial score (nSPS) is 14.1. The fraction of sp³-hybridized carbons (Fsp3) is 0.353. The number of hydrogen-bond donors (Lipinski definition) is 0. The van der Waals surface area contributed by atoms with Gasteiger partial charge in [-0.05, 0) is 42.8 Å². The van der Waals surface area contributed by atoms with Crippen LogP contribution >= 0.6 is 22.9 Å². The molecular formula is C17H17ClFNOS. The number of rotatable bonds is 6. The molecule has 2 nitrogen and oxygen atoms in total. The van der Waals surface area contributed by atoms with Gasteiger partial charge in [-0.25, -0.2) is 4.39 Å². The van der Waals surface area contributed by atoms with Gasteiger partial charge < -0.3 is 4.90 Å². The maximum atomic E-state index is 13.9. The number of carbonyl (C=O) groups excluding carboxylic acids is 1. The second-order valence-electron chi connectivity index (χ2n) is 5.53. The van der Waals surface area contributed by atoms with E-state index in [-0.39, 0.29) is 24.3 Å². The zero-order chi connectivity index (χ0) is 15.5. The highest BCUT2D eigenvalue weighted by Crippen LogP contribution is 2.31. The summed E-state index contributed by atoms with van der Waals surface area (Å²) in [7, 11) is 0. The average molecular weight is 338 g/mol. The van der Waals surface area contributed by atoms with Crippen molar-refractivity contribution in [1.82, 2.24) is 4.90 Å². The molecule has 0 atom stereocenters. The van der Waals surface area contributed by atoms with Gasteiger partial charge in [-0.1, -0.05) is 23.7 Å². The van der Waals surface area contributed by atoms with Crippen molar-refractivity contribution in [3.63, 3.8) is 0 Å². The molecule has 1 aliphatic carbocycles. The molecule has 2 aromatic rings. The van der Waals surface area contributed by atoms with Crippen LogP contribution in [0.5, 0.6) is 0 Å². The third-order valence-electron chi connectivity index (χ3n) is 3.86. The lowest BCUT2D eigenvalue weighted by molar-refractivity contribution is -0.132. The summed E-state index contributed by atoms with van der Waals surface area (Å²) in [5, 5.41) is 2.40. The average Bonchev–Trinajstić information content (AvgIpc) is 3.20. The smallest absolute Gasteiger partial charge is 0.223 e. The fourth-order valence-corrected chi connectivity index (χ4v) is 3.42. The van der Waals surface area contributed by atoms with Gasteiger partial charge in [-0.3, -0.25) is 4.79 Å². The quantitative estimate of drug-likeness (QED) is 0.750. The molecule has 22 heavy (non-hydrogen) atoms. The molecule has 1 saturated carbocycles. The highest BCUT2D eigenvalue weighted by molar-refractivity contribution is 7.09. The molecule has 0 spiro atoms. The number of amides is 1. The van der Waals surface area contributed by atoms with Gasteiger partial charge >= 0.3 is 0 Å². The molecule has 0 radical (unpaired) electrons. The fourth-order valence-electron chi connectivity index (χ4n) is 2.49. The molecule has 1 heterocycles. The number of nitrogens with zero attached hydrogens (tertiary/aromatic N) is 1. The molecule has 116 valence electrons. The van der Waals surface area contributed by atoms with E-state index in [0.29, 0.717) is 17.0 Å².